The molecular formula is C17H21N3OS. The van der Waals surface area contributed by atoms with E-state index in [1.54, 1.807) is 11.3 Å². The van der Waals surface area contributed by atoms with Gasteiger partial charge in [-0.3, -0.25) is 4.79 Å². The summed E-state index contributed by atoms with van der Waals surface area (Å²) in [7, 11) is 0. The van der Waals surface area contributed by atoms with Crippen LogP contribution in [-0.2, 0) is 11.2 Å². The monoisotopic (exact) mass is 315 g/mol. The Morgan fingerprint density at radius 3 is 2.86 bits per heavy atom. The van der Waals surface area contributed by atoms with Gasteiger partial charge in [-0.05, 0) is 43.9 Å². The standard InChI is InChI=1S/C17H21N3OS/c1-12-16(22-11-20-12)14-6-4-13(5-7-14)8-10-19-17(21)15-3-2-9-18-15/h4-7,11,15,18H,2-3,8-10H2,1H3,(H,19,21). The van der Waals surface area contributed by atoms with Crippen LogP contribution in [0.25, 0.3) is 10.4 Å². The highest BCUT2D eigenvalue weighted by molar-refractivity contribution is 7.13. The van der Waals surface area contributed by atoms with Crippen molar-refractivity contribution in [3.05, 3.63) is 41.0 Å². The quantitative estimate of drug-likeness (QED) is 0.891. The van der Waals surface area contributed by atoms with Gasteiger partial charge in [0.25, 0.3) is 0 Å². The maximum atomic E-state index is 11.9. The molecule has 3 rings (SSSR count). The van der Waals surface area contributed by atoms with Crippen molar-refractivity contribution >= 4 is 17.2 Å². The molecule has 1 atom stereocenters. The lowest BCUT2D eigenvalue weighted by molar-refractivity contribution is -0.122. The number of carbonyl (C=O) groups excluding carboxylic acids is 1. The fraction of sp³-hybridized carbons (Fsp3) is 0.412. The molecule has 0 radical (unpaired) electrons. The molecule has 5 heteroatoms. The fourth-order valence-corrected chi connectivity index (χ4v) is 3.57. The van der Waals surface area contributed by atoms with Gasteiger partial charge in [-0.25, -0.2) is 4.98 Å². The zero-order valence-electron chi connectivity index (χ0n) is 12.8. The Labute approximate surface area is 135 Å². The second-order valence-electron chi connectivity index (χ2n) is 5.65. The van der Waals surface area contributed by atoms with E-state index in [0.29, 0.717) is 6.54 Å². The Balaban J connectivity index is 1.51. The van der Waals surface area contributed by atoms with Gasteiger partial charge in [0, 0.05) is 6.54 Å². The largest absolute Gasteiger partial charge is 0.354 e. The maximum absolute atomic E-state index is 11.9. The summed E-state index contributed by atoms with van der Waals surface area (Å²) in [5.74, 6) is 0.134. The summed E-state index contributed by atoms with van der Waals surface area (Å²) in [6.07, 6.45) is 2.91. The Kier molecular flexibility index (Phi) is 4.85. The highest BCUT2D eigenvalue weighted by atomic mass is 32.1. The molecule has 0 bridgehead atoms. The van der Waals surface area contributed by atoms with E-state index < -0.39 is 0 Å². The third kappa shape index (κ3) is 3.54. The predicted molar refractivity (Wildman–Crippen MR) is 90.0 cm³/mol. The van der Waals surface area contributed by atoms with E-state index in [-0.39, 0.29) is 11.9 Å². The summed E-state index contributed by atoms with van der Waals surface area (Å²) in [6.45, 7) is 3.68. The maximum Gasteiger partial charge on any atom is 0.237 e. The molecule has 1 saturated heterocycles. The third-order valence-electron chi connectivity index (χ3n) is 4.05. The van der Waals surface area contributed by atoms with Gasteiger partial charge >= 0.3 is 0 Å². The number of nitrogens with zero attached hydrogens (tertiary/aromatic N) is 1. The number of carbonyl (C=O) groups is 1. The molecule has 2 heterocycles. The zero-order chi connectivity index (χ0) is 15.4. The topological polar surface area (TPSA) is 54.0 Å². The molecular weight excluding hydrogens is 294 g/mol. The number of aryl methyl sites for hydroxylation is 1. The van der Waals surface area contributed by atoms with Gasteiger partial charge in [0.05, 0.1) is 22.1 Å². The van der Waals surface area contributed by atoms with Crippen LogP contribution in [0.4, 0.5) is 0 Å². The highest BCUT2D eigenvalue weighted by Crippen LogP contribution is 2.27. The van der Waals surface area contributed by atoms with E-state index in [0.717, 1.165) is 31.5 Å². The fourth-order valence-electron chi connectivity index (χ4n) is 2.76. The molecule has 0 saturated carbocycles. The highest BCUT2D eigenvalue weighted by Gasteiger charge is 2.21. The smallest absolute Gasteiger partial charge is 0.237 e. The molecule has 1 aliphatic rings. The van der Waals surface area contributed by atoms with Crippen LogP contribution < -0.4 is 10.6 Å². The van der Waals surface area contributed by atoms with Crippen molar-refractivity contribution in [1.29, 1.82) is 0 Å². The molecule has 1 unspecified atom stereocenters. The average Bonchev–Trinajstić information content (AvgIpc) is 3.19. The predicted octanol–water partition coefficient (Wildman–Crippen LogP) is 2.53. The van der Waals surface area contributed by atoms with Crippen LogP contribution in [0.15, 0.2) is 29.8 Å². The summed E-state index contributed by atoms with van der Waals surface area (Å²) in [5.41, 5.74) is 5.41. The minimum Gasteiger partial charge on any atom is -0.354 e. The molecule has 0 spiro atoms. The van der Waals surface area contributed by atoms with E-state index in [9.17, 15) is 4.79 Å². The van der Waals surface area contributed by atoms with Crippen molar-refractivity contribution in [2.45, 2.75) is 32.2 Å². The lowest BCUT2D eigenvalue weighted by atomic mass is 10.1. The summed E-state index contributed by atoms with van der Waals surface area (Å²) >= 11 is 1.67. The van der Waals surface area contributed by atoms with Gasteiger partial charge in [0.2, 0.25) is 5.91 Å². The molecule has 1 fully saturated rings. The van der Waals surface area contributed by atoms with E-state index in [1.165, 1.54) is 16.0 Å². The van der Waals surface area contributed by atoms with Crippen molar-refractivity contribution < 1.29 is 4.79 Å². The first-order valence-corrected chi connectivity index (χ1v) is 8.62. The van der Waals surface area contributed by atoms with Crippen molar-refractivity contribution in [3.63, 3.8) is 0 Å². The van der Waals surface area contributed by atoms with Gasteiger partial charge in [-0.2, -0.15) is 0 Å². The zero-order valence-corrected chi connectivity index (χ0v) is 13.6. The number of rotatable bonds is 5. The summed E-state index contributed by atoms with van der Waals surface area (Å²) in [6, 6.07) is 8.55. The Morgan fingerprint density at radius 2 is 2.23 bits per heavy atom. The lowest BCUT2D eigenvalue weighted by Gasteiger charge is -2.11. The molecule has 22 heavy (non-hydrogen) atoms. The number of nitrogens with one attached hydrogen (secondary N) is 2. The second kappa shape index (κ2) is 7.03. The number of thiazole rings is 1. The Morgan fingerprint density at radius 1 is 1.41 bits per heavy atom. The molecule has 116 valence electrons. The Hall–Kier alpha value is -1.72. The third-order valence-corrected chi connectivity index (χ3v) is 5.03. The number of amides is 1. The van der Waals surface area contributed by atoms with Crippen LogP contribution in [0.3, 0.4) is 0 Å². The molecule has 1 amide bonds. The van der Waals surface area contributed by atoms with Gasteiger partial charge in [0.1, 0.15) is 0 Å². The van der Waals surface area contributed by atoms with Crippen LogP contribution >= 0.6 is 11.3 Å². The van der Waals surface area contributed by atoms with Gasteiger partial charge < -0.3 is 10.6 Å². The molecule has 0 aliphatic carbocycles. The van der Waals surface area contributed by atoms with Gasteiger partial charge in [-0.1, -0.05) is 24.3 Å². The number of aromatic nitrogens is 1. The van der Waals surface area contributed by atoms with Crippen LogP contribution in [0.2, 0.25) is 0 Å². The van der Waals surface area contributed by atoms with Crippen molar-refractivity contribution in [1.82, 2.24) is 15.6 Å². The minimum absolute atomic E-state index is 0.0108. The van der Waals surface area contributed by atoms with Crippen molar-refractivity contribution in [2.24, 2.45) is 0 Å². The minimum atomic E-state index is 0.0108. The van der Waals surface area contributed by atoms with Crippen LogP contribution in [0.5, 0.6) is 0 Å². The van der Waals surface area contributed by atoms with Crippen LogP contribution in [0.1, 0.15) is 24.1 Å². The first kappa shape index (κ1) is 15.2. The Bertz CT molecular complexity index is 630. The first-order chi connectivity index (χ1) is 10.7. The molecule has 1 aliphatic heterocycles. The van der Waals surface area contributed by atoms with Crippen molar-refractivity contribution in [3.8, 4) is 10.4 Å². The summed E-state index contributed by atoms with van der Waals surface area (Å²) in [5, 5.41) is 6.23. The lowest BCUT2D eigenvalue weighted by Crippen LogP contribution is -2.41. The molecule has 2 N–H and O–H groups in total. The second-order valence-corrected chi connectivity index (χ2v) is 6.51. The van der Waals surface area contributed by atoms with E-state index in [2.05, 4.69) is 39.9 Å². The van der Waals surface area contributed by atoms with Gasteiger partial charge in [-0.15, -0.1) is 11.3 Å². The number of benzene rings is 1. The molecule has 4 nitrogen and oxygen atoms in total. The summed E-state index contributed by atoms with van der Waals surface area (Å²) < 4.78 is 0. The average molecular weight is 315 g/mol. The number of hydrogen-bond donors (Lipinski definition) is 2. The molecule has 1 aromatic carbocycles. The molecule has 1 aromatic heterocycles. The van der Waals surface area contributed by atoms with Crippen LogP contribution in [0, 0.1) is 6.92 Å². The van der Waals surface area contributed by atoms with E-state index >= 15 is 0 Å². The first-order valence-electron chi connectivity index (χ1n) is 7.74. The number of hydrogen-bond acceptors (Lipinski definition) is 4. The van der Waals surface area contributed by atoms with Crippen LogP contribution in [-0.4, -0.2) is 30.0 Å². The van der Waals surface area contributed by atoms with Gasteiger partial charge in [0.15, 0.2) is 0 Å². The summed E-state index contributed by atoms with van der Waals surface area (Å²) in [4.78, 5) is 17.4. The molecule has 2 aromatic rings. The van der Waals surface area contributed by atoms with E-state index in [1.807, 2.05) is 12.4 Å². The SMILES string of the molecule is Cc1ncsc1-c1ccc(CCNC(=O)C2CCCN2)cc1. The normalized spacial score (nSPS) is 17.6. The van der Waals surface area contributed by atoms with Crippen molar-refractivity contribution in [2.75, 3.05) is 13.1 Å². The van der Waals surface area contributed by atoms with E-state index in [4.69, 9.17) is 0 Å².